The fourth-order valence-corrected chi connectivity index (χ4v) is 7.24. The molecule has 0 atom stereocenters. The second-order valence-electron chi connectivity index (χ2n) is 9.29. The van der Waals surface area contributed by atoms with E-state index in [0.29, 0.717) is 59.0 Å². The van der Waals surface area contributed by atoms with Crippen molar-refractivity contribution in [1.82, 2.24) is 15.0 Å². The molecule has 1 saturated heterocycles. The minimum absolute atomic E-state index is 0.264. The van der Waals surface area contributed by atoms with Gasteiger partial charge in [-0.25, -0.2) is 5.43 Å². The second-order valence-corrected chi connectivity index (χ2v) is 13.8. The van der Waals surface area contributed by atoms with Gasteiger partial charge in [-0.05, 0) is 110 Å². The number of ether oxygens (including phenoxy) is 2. The molecule has 2 N–H and O–H groups in total. The third-order valence-electron chi connectivity index (χ3n) is 6.20. The van der Waals surface area contributed by atoms with E-state index in [0.717, 1.165) is 34.0 Å². The first-order valence-electron chi connectivity index (χ1n) is 12.8. The van der Waals surface area contributed by atoms with Crippen LogP contribution >= 0.6 is 95.9 Å². The SMILES string of the molecule is Cc1cc(Br)c(Nc2nc(N/N=C/c3cc(I)cc(I)c3OCc3ccc(Cl)cc3Cl)nc(N3CCOCC3)n2)cc1Cl. The van der Waals surface area contributed by atoms with Crippen LogP contribution in [0.4, 0.5) is 23.5 Å². The number of aryl methyl sites for hydroxylation is 1. The molecule has 1 aliphatic heterocycles. The number of rotatable bonds is 9. The Morgan fingerprint density at radius 3 is 2.56 bits per heavy atom. The van der Waals surface area contributed by atoms with Gasteiger partial charge in [0.25, 0.3) is 0 Å². The van der Waals surface area contributed by atoms with Gasteiger partial charge in [-0.3, -0.25) is 0 Å². The maximum absolute atomic E-state index is 6.38. The first-order valence-corrected chi connectivity index (χ1v) is 16.9. The molecule has 5 rings (SSSR count). The van der Waals surface area contributed by atoms with Crippen molar-refractivity contribution in [2.24, 2.45) is 5.10 Å². The van der Waals surface area contributed by atoms with E-state index >= 15 is 0 Å². The zero-order chi connectivity index (χ0) is 30.5. The predicted octanol–water partition coefficient (Wildman–Crippen LogP) is 8.72. The summed E-state index contributed by atoms with van der Waals surface area (Å²) < 4.78 is 14.5. The zero-order valence-corrected chi connectivity index (χ0v) is 30.6. The van der Waals surface area contributed by atoms with Gasteiger partial charge in [-0.2, -0.15) is 20.1 Å². The standard InChI is InChI=1S/C28H23BrCl3I2N7O2/c1-15-8-20(29)24(12-21(15)31)36-26-37-27(39-28(38-26)41-4-6-42-7-5-41)40-35-13-17-9-19(33)11-23(34)25(17)43-14-16-2-3-18(30)10-22(16)32/h2-3,8-13H,4-7,14H2,1H3,(H2,36,37,38,39,40)/b35-13+. The molecule has 1 aliphatic rings. The van der Waals surface area contributed by atoms with Gasteiger partial charge >= 0.3 is 0 Å². The van der Waals surface area contributed by atoms with Gasteiger partial charge in [0.05, 0.1) is 28.7 Å². The number of nitrogens with zero attached hydrogens (tertiary/aromatic N) is 5. The summed E-state index contributed by atoms with van der Waals surface area (Å²) in [6.45, 7) is 4.70. The zero-order valence-electron chi connectivity index (χ0n) is 22.5. The normalized spacial score (nSPS) is 13.4. The molecular formula is C28H23BrCl3I2N7O2. The highest BCUT2D eigenvalue weighted by molar-refractivity contribution is 14.1. The third kappa shape index (κ3) is 8.73. The van der Waals surface area contributed by atoms with E-state index in [4.69, 9.17) is 44.3 Å². The average molecular weight is 930 g/mol. The van der Waals surface area contributed by atoms with Crippen molar-refractivity contribution in [3.8, 4) is 5.75 Å². The first-order chi connectivity index (χ1) is 20.7. The van der Waals surface area contributed by atoms with Crippen molar-refractivity contribution in [1.29, 1.82) is 0 Å². The van der Waals surface area contributed by atoms with Gasteiger partial charge in [0.2, 0.25) is 17.8 Å². The molecule has 0 amide bonds. The highest BCUT2D eigenvalue weighted by atomic mass is 127. The van der Waals surface area contributed by atoms with E-state index in [1.807, 2.05) is 42.2 Å². The van der Waals surface area contributed by atoms with Crippen molar-refractivity contribution in [2.75, 3.05) is 41.9 Å². The van der Waals surface area contributed by atoms with Gasteiger partial charge in [-0.1, -0.05) is 40.9 Å². The Morgan fingerprint density at radius 1 is 1.02 bits per heavy atom. The van der Waals surface area contributed by atoms with Crippen LogP contribution < -0.4 is 20.4 Å². The van der Waals surface area contributed by atoms with Crippen molar-refractivity contribution >= 4 is 126 Å². The Balaban J connectivity index is 1.40. The Morgan fingerprint density at radius 2 is 1.79 bits per heavy atom. The second kappa shape index (κ2) is 15.1. The molecule has 43 heavy (non-hydrogen) atoms. The molecule has 2 heterocycles. The number of hydrogen-bond donors (Lipinski definition) is 2. The topological polar surface area (TPSA) is 96.8 Å². The third-order valence-corrected chi connectivity index (χ3v) is 9.28. The monoisotopic (exact) mass is 927 g/mol. The minimum atomic E-state index is 0.264. The number of benzene rings is 3. The summed E-state index contributed by atoms with van der Waals surface area (Å²) in [6, 6.07) is 13.1. The maximum Gasteiger partial charge on any atom is 0.250 e. The van der Waals surface area contributed by atoms with Crippen LogP contribution in [-0.4, -0.2) is 47.5 Å². The molecule has 9 nitrogen and oxygen atoms in total. The smallest absolute Gasteiger partial charge is 0.250 e. The molecule has 3 aromatic carbocycles. The molecule has 1 aromatic heterocycles. The highest BCUT2D eigenvalue weighted by Crippen LogP contribution is 2.32. The van der Waals surface area contributed by atoms with Crippen LogP contribution in [0.1, 0.15) is 16.7 Å². The fourth-order valence-electron chi connectivity index (χ4n) is 4.01. The molecule has 0 spiro atoms. The van der Waals surface area contributed by atoms with Crippen molar-refractivity contribution in [2.45, 2.75) is 13.5 Å². The van der Waals surface area contributed by atoms with Crippen LogP contribution in [0.2, 0.25) is 15.1 Å². The highest BCUT2D eigenvalue weighted by Gasteiger charge is 2.18. The molecule has 1 fully saturated rings. The van der Waals surface area contributed by atoms with Crippen molar-refractivity contribution in [3.05, 3.63) is 85.8 Å². The Hall–Kier alpha value is -1.69. The Labute approximate surface area is 299 Å². The van der Waals surface area contributed by atoms with E-state index in [9.17, 15) is 0 Å². The molecule has 224 valence electrons. The number of hydrogen-bond acceptors (Lipinski definition) is 9. The molecule has 0 radical (unpaired) electrons. The van der Waals surface area contributed by atoms with E-state index in [1.54, 1.807) is 18.3 Å². The number of anilines is 4. The van der Waals surface area contributed by atoms with Crippen LogP contribution in [0.15, 0.2) is 52.0 Å². The molecule has 0 aliphatic carbocycles. The number of halogens is 6. The Bertz CT molecular complexity index is 1680. The van der Waals surface area contributed by atoms with Gasteiger partial charge in [-0.15, -0.1) is 0 Å². The largest absolute Gasteiger partial charge is 0.487 e. The summed E-state index contributed by atoms with van der Waals surface area (Å²) in [5.41, 5.74) is 6.23. The van der Waals surface area contributed by atoms with Gasteiger partial charge in [0, 0.05) is 47.3 Å². The molecular weight excluding hydrogens is 906 g/mol. The van der Waals surface area contributed by atoms with Crippen LogP contribution in [0.25, 0.3) is 0 Å². The minimum Gasteiger partial charge on any atom is -0.487 e. The van der Waals surface area contributed by atoms with Gasteiger partial charge in [0.1, 0.15) is 12.4 Å². The lowest BCUT2D eigenvalue weighted by Gasteiger charge is -2.27. The first kappa shape index (κ1) is 32.7. The van der Waals surface area contributed by atoms with Crippen molar-refractivity contribution in [3.63, 3.8) is 0 Å². The summed E-state index contributed by atoms with van der Waals surface area (Å²) in [5.74, 6) is 1.77. The lowest BCUT2D eigenvalue weighted by atomic mass is 10.2. The summed E-state index contributed by atoms with van der Waals surface area (Å²) in [4.78, 5) is 15.9. The number of nitrogens with one attached hydrogen (secondary N) is 2. The molecule has 0 unspecified atom stereocenters. The summed E-state index contributed by atoms with van der Waals surface area (Å²) in [5, 5.41) is 9.44. The summed E-state index contributed by atoms with van der Waals surface area (Å²) in [7, 11) is 0. The maximum atomic E-state index is 6.38. The number of hydrazone groups is 1. The fraction of sp³-hybridized carbons (Fsp3) is 0.214. The lowest BCUT2D eigenvalue weighted by Crippen LogP contribution is -2.37. The Kier molecular flexibility index (Phi) is 11.5. The number of aromatic nitrogens is 3. The van der Waals surface area contributed by atoms with Gasteiger partial charge in [0.15, 0.2) is 0 Å². The summed E-state index contributed by atoms with van der Waals surface area (Å²) in [6.07, 6.45) is 1.67. The van der Waals surface area contributed by atoms with Crippen LogP contribution in [0, 0.1) is 14.1 Å². The quantitative estimate of drug-likeness (QED) is 0.0979. The number of morpholine rings is 1. The van der Waals surface area contributed by atoms with E-state index in [2.05, 4.69) is 91.9 Å². The van der Waals surface area contributed by atoms with E-state index in [1.165, 1.54) is 0 Å². The molecule has 0 bridgehead atoms. The predicted molar refractivity (Wildman–Crippen MR) is 194 cm³/mol. The van der Waals surface area contributed by atoms with E-state index in [-0.39, 0.29) is 12.6 Å². The van der Waals surface area contributed by atoms with Crippen LogP contribution in [0.3, 0.4) is 0 Å². The molecule has 0 saturated carbocycles. The van der Waals surface area contributed by atoms with Gasteiger partial charge < -0.3 is 19.7 Å². The average Bonchev–Trinajstić information content (AvgIpc) is 2.96. The molecule has 4 aromatic rings. The summed E-state index contributed by atoms with van der Waals surface area (Å²) >= 11 is 26.9. The molecule has 15 heteroatoms. The van der Waals surface area contributed by atoms with Crippen molar-refractivity contribution < 1.29 is 9.47 Å². The van der Waals surface area contributed by atoms with E-state index < -0.39 is 0 Å². The van der Waals surface area contributed by atoms with Crippen LogP contribution in [0.5, 0.6) is 5.75 Å². The lowest BCUT2D eigenvalue weighted by molar-refractivity contribution is 0.122. The van der Waals surface area contributed by atoms with Crippen LogP contribution in [-0.2, 0) is 11.3 Å².